The van der Waals surface area contributed by atoms with Gasteiger partial charge in [-0.1, -0.05) is 30.3 Å². The van der Waals surface area contributed by atoms with Crippen LogP contribution in [0.2, 0.25) is 0 Å². The topological polar surface area (TPSA) is 12.5 Å². The highest BCUT2D eigenvalue weighted by atomic mass is 16.7. The first-order valence-electron chi connectivity index (χ1n) is 4.47. The first kappa shape index (κ1) is 8.63. The zero-order chi connectivity index (χ0) is 9.64. The minimum absolute atomic E-state index is 1.15. The van der Waals surface area contributed by atoms with Gasteiger partial charge in [-0.15, -0.1) is 0 Å². The molecule has 2 rings (SSSR count). The van der Waals surface area contributed by atoms with E-state index in [9.17, 15) is 0 Å². The second-order valence-corrected chi connectivity index (χ2v) is 2.86. The van der Waals surface area contributed by atoms with Crippen LogP contribution in [0.1, 0.15) is 5.56 Å². The van der Waals surface area contributed by atoms with Gasteiger partial charge >= 0.3 is 0 Å². The van der Waals surface area contributed by atoms with Crippen LogP contribution >= 0.6 is 0 Å². The molecule has 0 atom stereocenters. The van der Waals surface area contributed by atoms with Gasteiger partial charge in [-0.25, -0.2) is 0 Å². The molecule has 1 aliphatic rings. The molecule has 0 saturated carbocycles. The van der Waals surface area contributed by atoms with Gasteiger partial charge in [0.2, 0.25) is 0 Å². The summed E-state index contributed by atoms with van der Waals surface area (Å²) in [7, 11) is 0. The smallest absolute Gasteiger partial charge is 0.120 e. The van der Waals surface area contributed by atoms with Gasteiger partial charge in [0.25, 0.3) is 0 Å². The van der Waals surface area contributed by atoms with Crippen molar-refractivity contribution in [3.05, 3.63) is 66.7 Å². The van der Waals surface area contributed by atoms with Gasteiger partial charge < -0.3 is 4.84 Å². The Morgan fingerprint density at radius 1 is 1.07 bits per heavy atom. The third kappa shape index (κ3) is 2.26. The lowest BCUT2D eigenvalue weighted by Gasteiger charge is -2.14. The number of benzene rings is 1. The Hall–Kier alpha value is -1.96. The Kier molecular flexibility index (Phi) is 2.67. The zero-order valence-corrected chi connectivity index (χ0v) is 7.71. The van der Waals surface area contributed by atoms with Crippen molar-refractivity contribution in [2.24, 2.45) is 0 Å². The lowest BCUT2D eigenvalue weighted by Crippen LogP contribution is -2.07. The Bertz CT molecular complexity index is 365. The fourth-order valence-electron chi connectivity index (χ4n) is 1.13. The van der Waals surface area contributed by atoms with Crippen molar-refractivity contribution >= 4 is 6.08 Å². The van der Waals surface area contributed by atoms with Crippen LogP contribution in [0.3, 0.4) is 0 Å². The number of rotatable bonds is 2. The van der Waals surface area contributed by atoms with Crippen molar-refractivity contribution in [3.63, 3.8) is 0 Å². The molecular weight excluding hydrogens is 174 g/mol. The van der Waals surface area contributed by atoms with E-state index in [1.165, 1.54) is 0 Å². The van der Waals surface area contributed by atoms with Crippen molar-refractivity contribution < 1.29 is 4.84 Å². The van der Waals surface area contributed by atoms with E-state index in [0.717, 1.165) is 5.56 Å². The van der Waals surface area contributed by atoms with Crippen LogP contribution in [0, 0.1) is 0 Å². The second-order valence-electron chi connectivity index (χ2n) is 2.86. The number of hydrogen-bond donors (Lipinski definition) is 0. The second kappa shape index (κ2) is 4.33. The van der Waals surface area contributed by atoms with Crippen molar-refractivity contribution in [2.75, 3.05) is 0 Å². The molecular formula is C12H11NO. The molecule has 0 spiro atoms. The third-order valence-electron chi connectivity index (χ3n) is 1.82. The normalized spacial score (nSPS) is 14.7. The molecule has 1 aromatic rings. The molecule has 0 saturated heterocycles. The van der Waals surface area contributed by atoms with Gasteiger partial charge in [-0.2, -0.15) is 5.06 Å². The highest BCUT2D eigenvalue weighted by Gasteiger charge is 1.93. The van der Waals surface area contributed by atoms with E-state index in [4.69, 9.17) is 4.84 Å². The Balaban J connectivity index is 2.01. The average molecular weight is 185 g/mol. The van der Waals surface area contributed by atoms with Crippen LogP contribution in [-0.4, -0.2) is 5.06 Å². The quantitative estimate of drug-likeness (QED) is 0.702. The Morgan fingerprint density at radius 2 is 1.93 bits per heavy atom. The van der Waals surface area contributed by atoms with E-state index in [-0.39, 0.29) is 0 Å². The summed E-state index contributed by atoms with van der Waals surface area (Å²) in [5.41, 5.74) is 1.15. The molecule has 1 aromatic carbocycles. The van der Waals surface area contributed by atoms with Crippen LogP contribution in [0.5, 0.6) is 0 Å². The lowest BCUT2D eigenvalue weighted by atomic mass is 10.2. The predicted octanol–water partition coefficient (Wildman–Crippen LogP) is 2.93. The molecule has 0 fully saturated rings. The van der Waals surface area contributed by atoms with Gasteiger partial charge in [0, 0.05) is 12.4 Å². The molecule has 0 bridgehead atoms. The molecule has 0 N–H and O–H groups in total. The first-order chi connectivity index (χ1) is 6.95. The number of hydroxylamine groups is 2. The number of allylic oxidation sites excluding steroid dienone is 2. The summed E-state index contributed by atoms with van der Waals surface area (Å²) in [6.07, 6.45) is 11.1. The number of hydrogen-bond acceptors (Lipinski definition) is 2. The van der Waals surface area contributed by atoms with E-state index in [0.29, 0.717) is 0 Å². The van der Waals surface area contributed by atoms with Crippen molar-refractivity contribution in [3.8, 4) is 0 Å². The predicted molar refractivity (Wildman–Crippen MR) is 56.7 cm³/mol. The van der Waals surface area contributed by atoms with E-state index in [2.05, 4.69) is 0 Å². The summed E-state index contributed by atoms with van der Waals surface area (Å²) >= 11 is 0. The summed E-state index contributed by atoms with van der Waals surface area (Å²) in [6.45, 7) is 0. The molecule has 1 heterocycles. The zero-order valence-electron chi connectivity index (χ0n) is 7.71. The summed E-state index contributed by atoms with van der Waals surface area (Å²) < 4.78 is 0. The van der Waals surface area contributed by atoms with Gasteiger partial charge in [-0.05, 0) is 23.8 Å². The molecule has 0 unspecified atom stereocenters. The van der Waals surface area contributed by atoms with Gasteiger partial charge in [0.05, 0.1) is 0 Å². The largest absolute Gasteiger partial charge is 0.384 e. The van der Waals surface area contributed by atoms with Gasteiger partial charge in [0.15, 0.2) is 0 Å². The van der Waals surface area contributed by atoms with Crippen LogP contribution in [0.25, 0.3) is 6.08 Å². The lowest BCUT2D eigenvalue weighted by molar-refractivity contribution is -0.0110. The molecule has 70 valence electrons. The van der Waals surface area contributed by atoms with E-state index in [1.807, 2.05) is 61.0 Å². The van der Waals surface area contributed by atoms with Gasteiger partial charge in [0.1, 0.15) is 6.26 Å². The van der Waals surface area contributed by atoms with Crippen LogP contribution in [-0.2, 0) is 4.84 Å². The van der Waals surface area contributed by atoms with E-state index in [1.54, 1.807) is 11.3 Å². The maximum absolute atomic E-state index is 5.18. The first-order valence-corrected chi connectivity index (χ1v) is 4.47. The summed E-state index contributed by atoms with van der Waals surface area (Å²) in [5.74, 6) is 0. The maximum Gasteiger partial charge on any atom is 0.120 e. The number of nitrogens with zero attached hydrogens (tertiary/aromatic N) is 1. The minimum atomic E-state index is 1.15. The SMILES string of the molecule is C1=CON(C=Cc2ccccc2)C=C1. The van der Waals surface area contributed by atoms with E-state index >= 15 is 0 Å². The maximum atomic E-state index is 5.18. The van der Waals surface area contributed by atoms with E-state index < -0.39 is 0 Å². The Labute approximate surface area is 83.4 Å². The molecule has 0 aromatic heterocycles. The van der Waals surface area contributed by atoms with Gasteiger partial charge in [-0.3, -0.25) is 0 Å². The summed E-state index contributed by atoms with van der Waals surface area (Å²) in [5, 5.41) is 1.65. The molecule has 14 heavy (non-hydrogen) atoms. The summed E-state index contributed by atoms with van der Waals surface area (Å²) in [6, 6.07) is 10.1. The molecule has 2 heteroatoms. The Morgan fingerprint density at radius 3 is 2.64 bits per heavy atom. The summed E-state index contributed by atoms with van der Waals surface area (Å²) in [4.78, 5) is 5.18. The van der Waals surface area contributed by atoms with Crippen molar-refractivity contribution in [1.29, 1.82) is 0 Å². The molecule has 0 radical (unpaired) electrons. The monoisotopic (exact) mass is 185 g/mol. The highest BCUT2D eigenvalue weighted by molar-refractivity contribution is 5.48. The molecule has 2 nitrogen and oxygen atoms in total. The van der Waals surface area contributed by atoms with Crippen molar-refractivity contribution in [2.45, 2.75) is 0 Å². The molecule has 0 aliphatic carbocycles. The highest BCUT2D eigenvalue weighted by Crippen LogP contribution is 2.05. The molecule has 1 aliphatic heterocycles. The third-order valence-corrected chi connectivity index (χ3v) is 1.82. The van der Waals surface area contributed by atoms with Crippen molar-refractivity contribution in [1.82, 2.24) is 5.06 Å². The molecule has 0 amide bonds. The van der Waals surface area contributed by atoms with Crippen LogP contribution in [0.15, 0.2) is 61.1 Å². The minimum Gasteiger partial charge on any atom is -0.384 e. The van der Waals surface area contributed by atoms with Crippen LogP contribution < -0.4 is 0 Å². The standard InChI is InChI=1S/C12H11NO/c1-2-6-12(7-3-1)8-10-13-9-4-5-11-14-13/h1-11H. The fourth-order valence-corrected chi connectivity index (χ4v) is 1.13. The average Bonchev–Trinajstić information content (AvgIpc) is 2.29. The fraction of sp³-hybridized carbons (Fsp3) is 0. The van der Waals surface area contributed by atoms with Crippen LogP contribution in [0.4, 0.5) is 0 Å².